The van der Waals surface area contributed by atoms with Crippen LogP contribution >= 0.6 is 0 Å². The lowest BCUT2D eigenvalue weighted by Gasteiger charge is -2.35. The number of ether oxygens (including phenoxy) is 1. The third kappa shape index (κ3) is 5.18. The summed E-state index contributed by atoms with van der Waals surface area (Å²) in [6.07, 6.45) is 1.72. The molecule has 37 heavy (non-hydrogen) atoms. The van der Waals surface area contributed by atoms with E-state index in [0.29, 0.717) is 43.9 Å². The van der Waals surface area contributed by atoms with Crippen molar-refractivity contribution in [1.82, 2.24) is 24.6 Å². The number of pyridine rings is 1. The fourth-order valence-electron chi connectivity index (χ4n) is 4.60. The highest BCUT2D eigenvalue weighted by Crippen LogP contribution is 2.23. The van der Waals surface area contributed by atoms with E-state index in [9.17, 15) is 9.59 Å². The van der Waals surface area contributed by atoms with E-state index in [1.807, 2.05) is 78.9 Å². The molecule has 8 heteroatoms. The second-order valence-corrected chi connectivity index (χ2v) is 9.61. The van der Waals surface area contributed by atoms with Gasteiger partial charge in [-0.2, -0.15) is 5.10 Å². The minimum absolute atomic E-state index is 0.0398. The molecule has 190 valence electrons. The van der Waals surface area contributed by atoms with Crippen molar-refractivity contribution in [3.63, 3.8) is 0 Å². The van der Waals surface area contributed by atoms with Gasteiger partial charge in [0, 0.05) is 43.5 Å². The first-order chi connectivity index (χ1) is 17.9. The fraction of sp³-hybridized carbons (Fsp3) is 0.310. The SMILES string of the molecule is Cc1cc(C(=O)N2CCN(C(=O)c3ccc(OCc4ccccc4)cc3)CC2)c2cnn(C(C)C)c2n1. The first-order valence-electron chi connectivity index (χ1n) is 12.6. The van der Waals surface area contributed by atoms with Crippen LogP contribution in [-0.4, -0.2) is 62.6 Å². The summed E-state index contributed by atoms with van der Waals surface area (Å²) >= 11 is 0. The Bertz CT molecular complexity index is 1410. The number of rotatable bonds is 6. The topological polar surface area (TPSA) is 80.6 Å². The van der Waals surface area contributed by atoms with Gasteiger partial charge in [-0.3, -0.25) is 9.59 Å². The molecule has 2 amide bonds. The summed E-state index contributed by atoms with van der Waals surface area (Å²) in [6, 6.07) is 19.2. The summed E-state index contributed by atoms with van der Waals surface area (Å²) in [4.78, 5) is 34.7. The molecular formula is C29H31N5O3. The number of hydrogen-bond acceptors (Lipinski definition) is 5. The van der Waals surface area contributed by atoms with Crippen molar-refractivity contribution in [2.75, 3.05) is 26.2 Å². The highest BCUT2D eigenvalue weighted by atomic mass is 16.5. The maximum Gasteiger partial charge on any atom is 0.254 e. The maximum absolute atomic E-state index is 13.4. The first-order valence-corrected chi connectivity index (χ1v) is 12.6. The number of carbonyl (C=O) groups is 2. The molecule has 2 aromatic heterocycles. The number of aromatic nitrogens is 3. The molecule has 0 aliphatic carbocycles. The third-order valence-electron chi connectivity index (χ3n) is 6.62. The molecule has 1 saturated heterocycles. The van der Waals surface area contributed by atoms with Crippen LogP contribution in [0.1, 0.15) is 51.9 Å². The molecule has 0 atom stereocenters. The Labute approximate surface area is 216 Å². The van der Waals surface area contributed by atoms with Gasteiger partial charge in [-0.25, -0.2) is 9.67 Å². The van der Waals surface area contributed by atoms with E-state index in [-0.39, 0.29) is 17.9 Å². The predicted octanol–water partition coefficient (Wildman–Crippen LogP) is 4.50. The van der Waals surface area contributed by atoms with Crippen LogP contribution in [0.4, 0.5) is 0 Å². The van der Waals surface area contributed by atoms with Crippen LogP contribution < -0.4 is 4.74 Å². The standard InChI is InChI=1S/C29H31N5O3/c1-20(2)34-27-26(18-30-34)25(17-21(3)31-27)29(36)33-15-13-32(14-16-33)28(35)23-9-11-24(12-10-23)37-19-22-7-5-4-6-8-22/h4-12,17-18,20H,13-16,19H2,1-3H3. The smallest absolute Gasteiger partial charge is 0.254 e. The van der Waals surface area contributed by atoms with Crippen LogP contribution in [0.3, 0.4) is 0 Å². The number of fused-ring (bicyclic) bond motifs is 1. The number of aryl methyl sites for hydroxylation is 1. The van der Waals surface area contributed by atoms with E-state index in [0.717, 1.165) is 28.0 Å². The van der Waals surface area contributed by atoms with Crippen molar-refractivity contribution < 1.29 is 14.3 Å². The van der Waals surface area contributed by atoms with Gasteiger partial charge in [0.15, 0.2) is 5.65 Å². The molecule has 1 aliphatic heterocycles. The molecule has 0 bridgehead atoms. The lowest BCUT2D eigenvalue weighted by atomic mass is 10.1. The summed E-state index contributed by atoms with van der Waals surface area (Å²) in [7, 11) is 0. The van der Waals surface area contributed by atoms with Gasteiger partial charge in [-0.05, 0) is 56.7 Å². The highest BCUT2D eigenvalue weighted by molar-refractivity contribution is 6.05. The van der Waals surface area contributed by atoms with E-state index < -0.39 is 0 Å². The minimum atomic E-state index is -0.0502. The van der Waals surface area contributed by atoms with Crippen molar-refractivity contribution in [1.29, 1.82) is 0 Å². The molecule has 5 rings (SSSR count). The van der Waals surface area contributed by atoms with Gasteiger partial charge in [-0.15, -0.1) is 0 Å². The fourth-order valence-corrected chi connectivity index (χ4v) is 4.60. The largest absolute Gasteiger partial charge is 0.489 e. The molecule has 3 heterocycles. The normalized spacial score (nSPS) is 13.8. The van der Waals surface area contributed by atoms with Gasteiger partial charge in [0.2, 0.25) is 0 Å². The van der Waals surface area contributed by atoms with Gasteiger partial charge >= 0.3 is 0 Å². The van der Waals surface area contributed by atoms with E-state index in [2.05, 4.69) is 10.1 Å². The number of benzene rings is 2. The van der Waals surface area contributed by atoms with Crippen LogP contribution in [0, 0.1) is 6.92 Å². The molecule has 2 aromatic carbocycles. The Morgan fingerprint density at radius 3 is 2.22 bits per heavy atom. The first kappa shape index (κ1) is 24.5. The number of carbonyl (C=O) groups excluding carboxylic acids is 2. The number of amides is 2. The molecule has 0 unspecified atom stereocenters. The van der Waals surface area contributed by atoms with Crippen molar-refractivity contribution >= 4 is 22.8 Å². The van der Waals surface area contributed by atoms with E-state index in [4.69, 9.17) is 4.74 Å². The van der Waals surface area contributed by atoms with Gasteiger partial charge in [-0.1, -0.05) is 30.3 Å². The van der Waals surface area contributed by atoms with Crippen molar-refractivity contribution in [2.45, 2.75) is 33.4 Å². The van der Waals surface area contributed by atoms with E-state index >= 15 is 0 Å². The van der Waals surface area contributed by atoms with Crippen LogP contribution in [0.25, 0.3) is 11.0 Å². The Balaban J connectivity index is 1.21. The molecule has 1 fully saturated rings. The Morgan fingerprint density at radius 1 is 0.919 bits per heavy atom. The van der Waals surface area contributed by atoms with Gasteiger partial charge < -0.3 is 14.5 Å². The molecule has 0 saturated carbocycles. The van der Waals surface area contributed by atoms with Gasteiger partial charge in [0.1, 0.15) is 12.4 Å². The van der Waals surface area contributed by atoms with E-state index in [1.165, 1.54) is 0 Å². The average molecular weight is 498 g/mol. The second-order valence-electron chi connectivity index (χ2n) is 9.61. The molecule has 0 spiro atoms. The molecule has 8 nitrogen and oxygen atoms in total. The van der Waals surface area contributed by atoms with Crippen molar-refractivity contribution in [2.24, 2.45) is 0 Å². The quantitative estimate of drug-likeness (QED) is 0.392. The Hall–Kier alpha value is -4.20. The number of piperazine rings is 1. The summed E-state index contributed by atoms with van der Waals surface area (Å²) in [5.74, 6) is 0.628. The highest BCUT2D eigenvalue weighted by Gasteiger charge is 2.27. The van der Waals surface area contributed by atoms with Crippen LogP contribution in [0.5, 0.6) is 5.75 Å². The molecule has 0 radical (unpaired) electrons. The third-order valence-corrected chi connectivity index (χ3v) is 6.62. The lowest BCUT2D eigenvalue weighted by molar-refractivity contribution is 0.0536. The van der Waals surface area contributed by atoms with Crippen molar-refractivity contribution in [3.05, 3.63) is 89.2 Å². The van der Waals surface area contributed by atoms with Crippen LogP contribution in [0.2, 0.25) is 0 Å². The number of hydrogen-bond donors (Lipinski definition) is 0. The zero-order valence-corrected chi connectivity index (χ0v) is 21.4. The Kier molecular flexibility index (Phi) is 6.90. The predicted molar refractivity (Wildman–Crippen MR) is 142 cm³/mol. The average Bonchev–Trinajstić information content (AvgIpc) is 3.36. The monoisotopic (exact) mass is 497 g/mol. The number of nitrogens with zero attached hydrogens (tertiary/aromatic N) is 5. The zero-order valence-electron chi connectivity index (χ0n) is 21.4. The summed E-state index contributed by atoms with van der Waals surface area (Å²) in [5.41, 5.74) is 3.82. The summed E-state index contributed by atoms with van der Waals surface area (Å²) < 4.78 is 7.67. The molecule has 4 aromatic rings. The van der Waals surface area contributed by atoms with Gasteiger partial charge in [0.25, 0.3) is 11.8 Å². The summed E-state index contributed by atoms with van der Waals surface area (Å²) in [6.45, 7) is 8.37. The lowest BCUT2D eigenvalue weighted by Crippen LogP contribution is -2.50. The second kappa shape index (κ2) is 10.4. The molecular weight excluding hydrogens is 466 g/mol. The zero-order chi connectivity index (χ0) is 25.9. The van der Waals surface area contributed by atoms with Crippen LogP contribution in [0.15, 0.2) is 66.9 Å². The molecule has 0 N–H and O–H groups in total. The molecule has 1 aliphatic rings. The maximum atomic E-state index is 13.4. The minimum Gasteiger partial charge on any atom is -0.489 e. The van der Waals surface area contributed by atoms with Gasteiger partial charge in [0.05, 0.1) is 17.1 Å². The Morgan fingerprint density at radius 2 is 1.57 bits per heavy atom. The van der Waals surface area contributed by atoms with E-state index in [1.54, 1.807) is 23.2 Å². The van der Waals surface area contributed by atoms with Crippen molar-refractivity contribution in [3.8, 4) is 5.75 Å². The van der Waals surface area contributed by atoms with Crippen LogP contribution in [-0.2, 0) is 6.61 Å². The summed E-state index contributed by atoms with van der Waals surface area (Å²) in [5, 5.41) is 5.21.